The molecule has 3 aromatic carbocycles. The Kier molecular flexibility index (Phi) is 5.07. The van der Waals surface area contributed by atoms with Gasteiger partial charge in [0.15, 0.2) is 0 Å². The molecule has 0 atom stereocenters. The van der Waals surface area contributed by atoms with Gasteiger partial charge in [-0.05, 0) is 66.1 Å². The van der Waals surface area contributed by atoms with Crippen molar-refractivity contribution in [3.8, 4) is 5.75 Å². The van der Waals surface area contributed by atoms with E-state index in [-0.39, 0.29) is 0 Å². The van der Waals surface area contributed by atoms with E-state index in [1.807, 2.05) is 28.7 Å². The lowest BCUT2D eigenvalue weighted by atomic mass is 10.1. The highest BCUT2D eigenvalue weighted by atomic mass is 32.2. The Morgan fingerprint density at radius 3 is 2.56 bits per heavy atom. The second-order valence-electron chi connectivity index (χ2n) is 6.57. The molecule has 0 bridgehead atoms. The summed E-state index contributed by atoms with van der Waals surface area (Å²) in [5, 5.41) is 2.08. The van der Waals surface area contributed by atoms with E-state index >= 15 is 0 Å². The zero-order valence-electron chi connectivity index (χ0n) is 15.4. The molecule has 0 N–H and O–H groups in total. The molecule has 0 amide bonds. The van der Waals surface area contributed by atoms with Crippen LogP contribution in [0.15, 0.2) is 78.2 Å². The highest BCUT2D eigenvalue weighted by Crippen LogP contribution is 2.41. The minimum absolute atomic E-state index is 0.537. The molecule has 27 heavy (non-hydrogen) atoms. The van der Waals surface area contributed by atoms with Crippen molar-refractivity contribution in [1.82, 2.24) is 0 Å². The van der Waals surface area contributed by atoms with Crippen LogP contribution in [0.1, 0.15) is 22.3 Å². The first kappa shape index (κ1) is 17.6. The summed E-state index contributed by atoms with van der Waals surface area (Å²) in [6, 6.07) is 24.9. The molecule has 0 aromatic heterocycles. The molecule has 0 saturated carbocycles. The normalized spacial score (nSPS) is 13.3. The number of hydrogen-bond donors (Lipinski definition) is 0. The minimum Gasteiger partial charge on any atom is -0.583 e. The van der Waals surface area contributed by atoms with Crippen molar-refractivity contribution in [3.63, 3.8) is 0 Å². The van der Waals surface area contributed by atoms with Crippen LogP contribution in [0.2, 0.25) is 0 Å². The van der Waals surface area contributed by atoms with Crippen LogP contribution < -0.4 is 9.15 Å². The minimum atomic E-state index is 0.537. The van der Waals surface area contributed by atoms with Crippen LogP contribution in [-0.4, -0.2) is 0 Å². The maximum Gasteiger partial charge on any atom is 0.122 e. The standard InChI is InChI=1S/C23H21N2OS/c1-17-10-12-20(13-11-17)22-16-27-25(24-22)21-8-5-7-19(14-21)15-26-23-9-4-3-6-18(23)2/h3-14,16H,15H2,1-2H3/q-1. The molecular weight excluding hydrogens is 352 g/mol. The van der Waals surface area contributed by atoms with E-state index in [1.54, 1.807) is 11.9 Å². The van der Waals surface area contributed by atoms with E-state index < -0.39 is 0 Å². The fourth-order valence-corrected chi connectivity index (χ4v) is 3.61. The van der Waals surface area contributed by atoms with E-state index in [1.165, 1.54) is 5.56 Å². The topological polar surface area (TPSA) is 26.6 Å². The van der Waals surface area contributed by atoms with Crippen LogP contribution in [0.4, 0.5) is 5.69 Å². The third-order valence-electron chi connectivity index (χ3n) is 4.43. The molecule has 0 radical (unpaired) electrons. The van der Waals surface area contributed by atoms with Gasteiger partial charge < -0.3 is 14.6 Å². The lowest BCUT2D eigenvalue weighted by Gasteiger charge is -2.33. The molecule has 0 spiro atoms. The van der Waals surface area contributed by atoms with Crippen molar-refractivity contribution >= 4 is 23.3 Å². The van der Waals surface area contributed by atoms with Gasteiger partial charge in [-0.3, -0.25) is 0 Å². The number of nitrogens with zero attached hydrogens (tertiary/aromatic N) is 2. The van der Waals surface area contributed by atoms with Gasteiger partial charge in [-0.15, -0.1) is 5.70 Å². The van der Waals surface area contributed by atoms with Gasteiger partial charge in [-0.25, -0.2) is 0 Å². The van der Waals surface area contributed by atoms with Crippen molar-refractivity contribution < 1.29 is 4.74 Å². The molecule has 1 aliphatic rings. The van der Waals surface area contributed by atoms with Gasteiger partial charge in [0, 0.05) is 5.69 Å². The summed E-state index contributed by atoms with van der Waals surface area (Å²) < 4.78 is 7.92. The lowest BCUT2D eigenvalue weighted by molar-refractivity contribution is 0.304. The number of benzene rings is 3. The molecule has 3 aromatic rings. The van der Waals surface area contributed by atoms with Gasteiger partial charge in [0.2, 0.25) is 0 Å². The fraction of sp³-hybridized carbons (Fsp3) is 0.130. The van der Waals surface area contributed by atoms with Gasteiger partial charge in [-0.2, -0.15) is 0 Å². The Morgan fingerprint density at radius 2 is 1.74 bits per heavy atom. The van der Waals surface area contributed by atoms with Crippen molar-refractivity contribution in [2.24, 2.45) is 0 Å². The molecule has 0 aliphatic carbocycles. The highest BCUT2D eigenvalue weighted by Gasteiger charge is 2.08. The number of rotatable bonds is 5. The van der Waals surface area contributed by atoms with Gasteiger partial charge in [0.1, 0.15) is 12.4 Å². The maximum absolute atomic E-state index is 5.97. The van der Waals surface area contributed by atoms with Gasteiger partial charge in [0.25, 0.3) is 0 Å². The van der Waals surface area contributed by atoms with Crippen LogP contribution >= 0.6 is 11.9 Å². The van der Waals surface area contributed by atoms with E-state index in [4.69, 9.17) is 10.2 Å². The van der Waals surface area contributed by atoms with Crippen LogP contribution in [0, 0.1) is 13.8 Å². The van der Waals surface area contributed by atoms with Crippen molar-refractivity contribution in [2.75, 3.05) is 4.41 Å². The van der Waals surface area contributed by atoms with E-state index in [9.17, 15) is 0 Å². The Morgan fingerprint density at radius 1 is 0.926 bits per heavy atom. The molecule has 1 aliphatic heterocycles. The Balaban J connectivity index is 1.42. The van der Waals surface area contributed by atoms with Crippen LogP contribution in [0.5, 0.6) is 5.75 Å². The fourth-order valence-electron chi connectivity index (χ4n) is 2.86. The summed E-state index contributed by atoms with van der Waals surface area (Å²) in [7, 11) is 0. The average Bonchev–Trinajstić information content (AvgIpc) is 3.18. The predicted octanol–water partition coefficient (Wildman–Crippen LogP) is 6.64. The van der Waals surface area contributed by atoms with Crippen molar-refractivity contribution in [3.05, 3.63) is 106 Å². The SMILES string of the molecule is Cc1ccc(C2=CSN(c3cccc(COc4ccccc4C)c3)[N-]2)cc1. The lowest BCUT2D eigenvalue weighted by Crippen LogP contribution is -2.04. The maximum atomic E-state index is 5.97. The summed E-state index contributed by atoms with van der Waals surface area (Å²) in [4.78, 5) is 0. The molecule has 4 rings (SSSR count). The summed E-state index contributed by atoms with van der Waals surface area (Å²) >= 11 is 1.59. The second-order valence-corrected chi connectivity index (χ2v) is 7.36. The molecule has 0 unspecified atom stereocenters. The number of para-hydroxylation sites is 1. The number of ether oxygens (including phenoxy) is 1. The zero-order chi connectivity index (χ0) is 18.6. The molecule has 0 fully saturated rings. The summed E-state index contributed by atoms with van der Waals surface area (Å²) in [6.45, 7) is 4.69. The molecular formula is C23H21N2OS-. The third kappa shape index (κ3) is 4.12. The Labute approximate surface area is 164 Å². The quantitative estimate of drug-likeness (QED) is 0.469. The van der Waals surface area contributed by atoms with E-state index in [0.29, 0.717) is 6.61 Å². The van der Waals surface area contributed by atoms with Gasteiger partial charge in [-0.1, -0.05) is 60.2 Å². The summed E-state index contributed by atoms with van der Waals surface area (Å²) in [6.07, 6.45) is 0. The zero-order valence-corrected chi connectivity index (χ0v) is 16.2. The van der Waals surface area contributed by atoms with E-state index in [2.05, 4.69) is 67.8 Å². The largest absolute Gasteiger partial charge is 0.583 e. The Bertz CT molecular complexity index is 966. The molecule has 0 saturated heterocycles. The summed E-state index contributed by atoms with van der Waals surface area (Å²) in [5.41, 5.74) is 11.4. The number of aryl methyl sites for hydroxylation is 2. The smallest absolute Gasteiger partial charge is 0.122 e. The van der Waals surface area contributed by atoms with E-state index in [0.717, 1.165) is 33.8 Å². The molecule has 3 nitrogen and oxygen atoms in total. The monoisotopic (exact) mass is 373 g/mol. The predicted molar refractivity (Wildman–Crippen MR) is 115 cm³/mol. The molecule has 1 heterocycles. The number of anilines is 1. The first-order valence-corrected chi connectivity index (χ1v) is 9.76. The highest BCUT2D eigenvalue weighted by molar-refractivity contribution is 8.04. The molecule has 136 valence electrons. The average molecular weight is 374 g/mol. The second kappa shape index (κ2) is 7.80. The molecule has 4 heteroatoms. The summed E-state index contributed by atoms with van der Waals surface area (Å²) in [5.74, 6) is 0.923. The third-order valence-corrected chi connectivity index (χ3v) is 5.25. The van der Waals surface area contributed by atoms with Gasteiger partial charge >= 0.3 is 0 Å². The van der Waals surface area contributed by atoms with Crippen LogP contribution in [0.25, 0.3) is 11.1 Å². The van der Waals surface area contributed by atoms with Crippen molar-refractivity contribution in [1.29, 1.82) is 0 Å². The number of hydrogen-bond acceptors (Lipinski definition) is 3. The first-order valence-electron chi connectivity index (χ1n) is 8.92. The first-order chi connectivity index (χ1) is 13.2. The van der Waals surface area contributed by atoms with Gasteiger partial charge in [0.05, 0.1) is 0 Å². The Hall–Kier alpha value is -2.85. The van der Waals surface area contributed by atoms with Crippen LogP contribution in [-0.2, 0) is 6.61 Å². The van der Waals surface area contributed by atoms with Crippen molar-refractivity contribution in [2.45, 2.75) is 20.5 Å². The van der Waals surface area contributed by atoms with Crippen LogP contribution in [0.3, 0.4) is 0 Å².